The lowest BCUT2D eigenvalue weighted by Gasteiger charge is -2.03. The number of fused-ring (bicyclic) bond motifs is 1. The molecule has 22 heavy (non-hydrogen) atoms. The second-order valence-corrected chi connectivity index (χ2v) is 6.32. The van der Waals surface area contributed by atoms with Crippen LogP contribution in [0.4, 0.5) is 0 Å². The van der Waals surface area contributed by atoms with E-state index in [9.17, 15) is 9.59 Å². The van der Waals surface area contributed by atoms with E-state index < -0.39 is 5.97 Å². The quantitative estimate of drug-likeness (QED) is 0.579. The fraction of sp³-hybridized carbons (Fsp3) is 0.176. The zero-order valence-corrected chi connectivity index (χ0v) is 12.9. The molecule has 0 saturated carbocycles. The molecule has 0 bridgehead atoms. The van der Waals surface area contributed by atoms with Crippen molar-refractivity contribution in [1.29, 1.82) is 0 Å². The van der Waals surface area contributed by atoms with E-state index in [0.29, 0.717) is 4.88 Å². The van der Waals surface area contributed by atoms with Crippen LogP contribution >= 0.6 is 11.3 Å². The summed E-state index contributed by atoms with van der Waals surface area (Å²) in [5.74, 6) is -0.559. The number of benzene rings is 1. The molecule has 0 amide bonds. The second-order valence-electron chi connectivity index (χ2n) is 5.03. The molecule has 2 aromatic heterocycles. The summed E-state index contributed by atoms with van der Waals surface area (Å²) in [6.45, 7) is 1.73. The molecule has 3 aromatic rings. The van der Waals surface area contributed by atoms with Crippen molar-refractivity contribution in [3.05, 3.63) is 57.9 Å². The van der Waals surface area contributed by atoms with Gasteiger partial charge in [0, 0.05) is 22.0 Å². The average molecular weight is 313 g/mol. The maximum absolute atomic E-state index is 11.9. The Hall–Kier alpha value is -2.40. The fourth-order valence-electron chi connectivity index (χ4n) is 2.29. The summed E-state index contributed by atoms with van der Waals surface area (Å²) in [4.78, 5) is 28.6. The Balaban J connectivity index is 1.60. The van der Waals surface area contributed by atoms with Crippen LogP contribution in [0.15, 0.2) is 42.6 Å². The van der Waals surface area contributed by atoms with Gasteiger partial charge in [-0.3, -0.25) is 9.59 Å². The van der Waals surface area contributed by atoms with Crippen molar-refractivity contribution in [2.24, 2.45) is 0 Å². The zero-order valence-electron chi connectivity index (χ0n) is 12.1. The van der Waals surface area contributed by atoms with E-state index in [4.69, 9.17) is 4.74 Å². The monoisotopic (exact) mass is 313 g/mol. The summed E-state index contributed by atoms with van der Waals surface area (Å²) in [6, 6.07) is 11.4. The Labute approximate surface area is 131 Å². The maximum atomic E-state index is 11.9. The minimum atomic E-state index is -0.397. The molecule has 0 unspecified atom stereocenters. The first-order chi connectivity index (χ1) is 10.6. The highest BCUT2D eigenvalue weighted by Crippen LogP contribution is 2.19. The molecule has 1 aromatic carbocycles. The lowest BCUT2D eigenvalue weighted by molar-refractivity contribution is -0.141. The predicted octanol–water partition coefficient (Wildman–Crippen LogP) is 3.51. The highest BCUT2D eigenvalue weighted by Gasteiger charge is 2.13. The van der Waals surface area contributed by atoms with Gasteiger partial charge in [0.2, 0.25) is 5.78 Å². The summed E-state index contributed by atoms with van der Waals surface area (Å²) in [6.07, 6.45) is 1.96. The van der Waals surface area contributed by atoms with E-state index >= 15 is 0 Å². The summed E-state index contributed by atoms with van der Waals surface area (Å²) >= 11 is 1.41. The Bertz CT molecular complexity index is 831. The number of aromatic nitrogens is 1. The molecule has 0 aliphatic heterocycles. The van der Waals surface area contributed by atoms with Crippen molar-refractivity contribution in [2.45, 2.75) is 13.3 Å². The first kappa shape index (κ1) is 14.5. The van der Waals surface area contributed by atoms with Crippen LogP contribution in [0.2, 0.25) is 0 Å². The number of H-pyrrole nitrogens is 1. The molecule has 0 atom stereocenters. The number of para-hydroxylation sites is 1. The zero-order chi connectivity index (χ0) is 15.5. The van der Waals surface area contributed by atoms with Gasteiger partial charge in [0.1, 0.15) is 0 Å². The van der Waals surface area contributed by atoms with Crippen LogP contribution in [0.5, 0.6) is 0 Å². The number of hydrogen-bond acceptors (Lipinski definition) is 4. The summed E-state index contributed by atoms with van der Waals surface area (Å²) in [5, 5.41) is 1.000. The number of esters is 1. The van der Waals surface area contributed by atoms with Crippen LogP contribution in [0.25, 0.3) is 10.9 Å². The summed E-state index contributed by atoms with van der Waals surface area (Å²) < 4.78 is 5.09. The number of rotatable bonds is 5. The van der Waals surface area contributed by atoms with Gasteiger partial charge in [-0.15, -0.1) is 11.3 Å². The van der Waals surface area contributed by atoms with Crippen LogP contribution in [-0.2, 0) is 16.0 Å². The number of carbonyl (C=O) groups excluding carboxylic acids is 2. The molecule has 0 aliphatic rings. The van der Waals surface area contributed by atoms with Crippen LogP contribution in [-0.4, -0.2) is 23.3 Å². The summed E-state index contributed by atoms with van der Waals surface area (Å²) in [7, 11) is 0. The number of ether oxygens (including phenoxy) is 1. The van der Waals surface area contributed by atoms with Gasteiger partial charge in [0.25, 0.3) is 0 Å². The number of aromatic amines is 1. The van der Waals surface area contributed by atoms with E-state index in [1.807, 2.05) is 37.3 Å². The third-order valence-electron chi connectivity index (χ3n) is 3.39. The number of hydrogen-bond donors (Lipinski definition) is 1. The standard InChI is InChI=1S/C17H15NO3S/c1-11-6-7-16(22-11)15(19)10-21-17(20)8-12-9-18-14-5-3-2-4-13(12)14/h2-7,9,18H,8,10H2,1H3. The van der Waals surface area contributed by atoms with Crippen LogP contribution in [0.1, 0.15) is 20.1 Å². The normalized spacial score (nSPS) is 10.8. The number of aryl methyl sites for hydroxylation is 1. The Morgan fingerprint density at radius 2 is 2.00 bits per heavy atom. The second kappa shape index (κ2) is 6.15. The van der Waals surface area contributed by atoms with Crippen molar-refractivity contribution in [3.8, 4) is 0 Å². The molecule has 5 heteroatoms. The number of ketones is 1. The highest BCUT2D eigenvalue weighted by atomic mass is 32.1. The number of carbonyl (C=O) groups is 2. The largest absolute Gasteiger partial charge is 0.457 e. The van der Waals surface area contributed by atoms with Gasteiger partial charge < -0.3 is 9.72 Å². The van der Waals surface area contributed by atoms with Crippen molar-refractivity contribution >= 4 is 34.0 Å². The van der Waals surface area contributed by atoms with Crippen molar-refractivity contribution in [2.75, 3.05) is 6.61 Å². The molecule has 4 nitrogen and oxygen atoms in total. The van der Waals surface area contributed by atoms with Crippen molar-refractivity contribution in [3.63, 3.8) is 0 Å². The Kier molecular flexibility index (Phi) is 4.06. The molecule has 0 radical (unpaired) electrons. The van der Waals surface area contributed by atoms with Crippen LogP contribution in [0, 0.1) is 6.92 Å². The Morgan fingerprint density at radius 1 is 1.18 bits per heavy atom. The minimum Gasteiger partial charge on any atom is -0.457 e. The molecule has 0 aliphatic carbocycles. The number of nitrogens with one attached hydrogen (secondary N) is 1. The lowest BCUT2D eigenvalue weighted by atomic mass is 10.1. The van der Waals surface area contributed by atoms with Crippen molar-refractivity contribution in [1.82, 2.24) is 4.98 Å². The van der Waals surface area contributed by atoms with Gasteiger partial charge in [0.15, 0.2) is 6.61 Å². The SMILES string of the molecule is Cc1ccc(C(=O)COC(=O)Cc2c[nH]c3ccccc23)s1. The summed E-state index contributed by atoms with van der Waals surface area (Å²) in [5.41, 5.74) is 1.86. The lowest BCUT2D eigenvalue weighted by Crippen LogP contribution is -2.14. The van der Waals surface area contributed by atoms with Crippen LogP contribution < -0.4 is 0 Å². The molecule has 0 fully saturated rings. The van der Waals surface area contributed by atoms with Gasteiger partial charge in [-0.2, -0.15) is 0 Å². The van der Waals surface area contributed by atoms with Gasteiger partial charge in [-0.05, 0) is 30.7 Å². The Morgan fingerprint density at radius 3 is 2.77 bits per heavy atom. The first-order valence-electron chi connectivity index (χ1n) is 6.94. The van der Waals surface area contributed by atoms with Gasteiger partial charge in [-0.25, -0.2) is 0 Å². The van der Waals surface area contributed by atoms with E-state index in [1.54, 1.807) is 12.3 Å². The van der Waals surface area contributed by atoms with Gasteiger partial charge in [-0.1, -0.05) is 18.2 Å². The molecule has 0 saturated heterocycles. The average Bonchev–Trinajstić information content (AvgIpc) is 3.12. The smallest absolute Gasteiger partial charge is 0.310 e. The molecule has 1 N–H and O–H groups in total. The predicted molar refractivity (Wildman–Crippen MR) is 86.3 cm³/mol. The van der Waals surface area contributed by atoms with E-state index in [2.05, 4.69) is 4.98 Å². The van der Waals surface area contributed by atoms with E-state index in [1.165, 1.54) is 11.3 Å². The first-order valence-corrected chi connectivity index (χ1v) is 7.75. The third-order valence-corrected chi connectivity index (χ3v) is 4.43. The fourth-order valence-corrected chi connectivity index (χ4v) is 3.08. The van der Waals surface area contributed by atoms with Gasteiger partial charge in [0.05, 0.1) is 11.3 Å². The molecule has 112 valence electrons. The highest BCUT2D eigenvalue weighted by molar-refractivity contribution is 7.14. The third kappa shape index (κ3) is 3.09. The molecule has 0 spiro atoms. The molecule has 2 heterocycles. The minimum absolute atomic E-state index is 0.154. The molecule has 3 rings (SSSR count). The van der Waals surface area contributed by atoms with Crippen molar-refractivity contribution < 1.29 is 14.3 Å². The van der Waals surface area contributed by atoms with E-state index in [-0.39, 0.29) is 18.8 Å². The topological polar surface area (TPSA) is 59.2 Å². The number of thiophene rings is 1. The van der Waals surface area contributed by atoms with Gasteiger partial charge >= 0.3 is 5.97 Å². The molecular formula is C17H15NO3S. The van der Waals surface area contributed by atoms with Crippen LogP contribution in [0.3, 0.4) is 0 Å². The molecular weight excluding hydrogens is 298 g/mol. The maximum Gasteiger partial charge on any atom is 0.310 e. The number of Topliss-reactive ketones (excluding diaryl/α,β-unsaturated/α-hetero) is 1. The van der Waals surface area contributed by atoms with E-state index in [0.717, 1.165) is 21.3 Å².